The van der Waals surface area contributed by atoms with E-state index in [0.29, 0.717) is 10.8 Å². The van der Waals surface area contributed by atoms with Gasteiger partial charge in [0.1, 0.15) is 5.04 Å². The van der Waals surface area contributed by atoms with Gasteiger partial charge in [-0.3, -0.25) is 9.98 Å². The van der Waals surface area contributed by atoms with E-state index in [1.165, 1.54) is 11.8 Å². The second kappa shape index (κ2) is 6.19. The van der Waals surface area contributed by atoms with Gasteiger partial charge in [0.15, 0.2) is 6.04 Å². The number of carbonyl (C=O) groups is 1. The summed E-state index contributed by atoms with van der Waals surface area (Å²) in [7, 11) is 2.00. The first-order chi connectivity index (χ1) is 10.6. The van der Waals surface area contributed by atoms with E-state index >= 15 is 0 Å². The molecule has 1 N–H and O–H groups in total. The number of nitrogens with zero attached hydrogens (tertiary/aromatic N) is 3. The largest absolute Gasteiger partial charge is 0.480 e. The van der Waals surface area contributed by atoms with Crippen molar-refractivity contribution in [1.82, 2.24) is 9.55 Å². The molecular formula is C16H15N3O2S. The molecule has 3 rings (SSSR count). The lowest BCUT2D eigenvalue weighted by Crippen LogP contribution is -2.17. The first-order valence-corrected chi connectivity index (χ1v) is 7.81. The number of hydrogen-bond acceptors (Lipinski definition) is 4. The van der Waals surface area contributed by atoms with Gasteiger partial charge < -0.3 is 9.67 Å². The maximum Gasteiger partial charge on any atom is 0.329 e. The Bertz CT molecular complexity index is 747. The molecule has 0 amide bonds. The molecule has 3 heterocycles. The Hall–Kier alpha value is -2.34. The summed E-state index contributed by atoms with van der Waals surface area (Å²) in [4.78, 5) is 19.5. The van der Waals surface area contributed by atoms with Crippen LogP contribution in [-0.2, 0) is 11.8 Å². The van der Waals surface area contributed by atoms with Crippen molar-refractivity contribution in [1.29, 1.82) is 0 Å². The van der Waals surface area contributed by atoms with E-state index in [1.807, 2.05) is 54.2 Å². The van der Waals surface area contributed by atoms with Gasteiger partial charge in [-0.2, -0.15) is 0 Å². The van der Waals surface area contributed by atoms with Crippen LogP contribution in [-0.4, -0.2) is 37.5 Å². The molecule has 0 radical (unpaired) electrons. The normalized spacial score (nSPS) is 17.9. The van der Waals surface area contributed by atoms with Crippen LogP contribution in [0.4, 0.5) is 0 Å². The Labute approximate surface area is 132 Å². The van der Waals surface area contributed by atoms with E-state index in [4.69, 9.17) is 5.11 Å². The quantitative estimate of drug-likeness (QED) is 0.942. The topological polar surface area (TPSA) is 67.5 Å². The fourth-order valence-corrected chi connectivity index (χ4v) is 3.10. The zero-order valence-corrected chi connectivity index (χ0v) is 12.8. The standard InChI is InChI=1S/C16H15N3O2S/c1-19-8-2-3-12(19)6-4-11-5-7-13(17-9-11)15-18-14(10-22-15)16(20)21/h2-9,14H,10H2,1H3,(H,20,21)/b6-4+/t14-/m1/s1. The van der Waals surface area contributed by atoms with E-state index in [2.05, 4.69) is 9.98 Å². The third-order valence-corrected chi connectivity index (χ3v) is 4.44. The number of aryl methyl sites for hydroxylation is 1. The molecule has 0 saturated carbocycles. The highest BCUT2D eigenvalue weighted by atomic mass is 32.2. The number of aromatic nitrogens is 2. The maximum atomic E-state index is 10.9. The summed E-state index contributed by atoms with van der Waals surface area (Å²) < 4.78 is 2.04. The molecule has 22 heavy (non-hydrogen) atoms. The highest BCUT2D eigenvalue weighted by molar-refractivity contribution is 8.14. The summed E-state index contributed by atoms with van der Waals surface area (Å²) >= 11 is 1.44. The maximum absolute atomic E-state index is 10.9. The first-order valence-electron chi connectivity index (χ1n) is 6.83. The average molecular weight is 313 g/mol. The number of aliphatic carboxylic acids is 1. The minimum Gasteiger partial charge on any atom is -0.480 e. The van der Waals surface area contributed by atoms with Gasteiger partial charge in [0.05, 0.1) is 5.69 Å². The highest BCUT2D eigenvalue weighted by Crippen LogP contribution is 2.22. The predicted octanol–water partition coefficient (Wildman–Crippen LogP) is 2.54. The van der Waals surface area contributed by atoms with Crippen LogP contribution in [0.15, 0.2) is 41.7 Å². The Morgan fingerprint density at radius 2 is 2.27 bits per heavy atom. The van der Waals surface area contributed by atoms with Crippen LogP contribution in [0.25, 0.3) is 12.2 Å². The van der Waals surface area contributed by atoms with Crippen LogP contribution in [0.1, 0.15) is 17.0 Å². The van der Waals surface area contributed by atoms with E-state index in [9.17, 15) is 4.79 Å². The number of aliphatic imine (C=N–C) groups is 1. The molecule has 0 spiro atoms. The van der Waals surface area contributed by atoms with E-state index in [1.54, 1.807) is 6.20 Å². The van der Waals surface area contributed by atoms with E-state index in [-0.39, 0.29) is 0 Å². The molecule has 2 aromatic rings. The number of carboxylic acids is 1. The molecule has 0 saturated heterocycles. The molecule has 1 atom stereocenters. The van der Waals surface area contributed by atoms with Crippen LogP contribution in [0, 0.1) is 0 Å². The van der Waals surface area contributed by atoms with Gasteiger partial charge in [0.2, 0.25) is 0 Å². The third-order valence-electron chi connectivity index (χ3n) is 3.37. The zero-order chi connectivity index (χ0) is 15.5. The Morgan fingerprint density at radius 3 is 2.86 bits per heavy atom. The number of pyridine rings is 1. The first kappa shape index (κ1) is 14.6. The lowest BCUT2D eigenvalue weighted by atomic mass is 10.2. The van der Waals surface area contributed by atoms with Crippen LogP contribution in [0.2, 0.25) is 0 Å². The van der Waals surface area contributed by atoms with Crippen LogP contribution >= 0.6 is 11.8 Å². The molecule has 6 heteroatoms. The molecule has 0 fully saturated rings. The summed E-state index contributed by atoms with van der Waals surface area (Å²) in [5.74, 6) is -0.411. The van der Waals surface area contributed by atoms with Crippen molar-refractivity contribution in [3.63, 3.8) is 0 Å². The summed E-state index contributed by atoms with van der Waals surface area (Å²) in [5.41, 5.74) is 2.83. The molecule has 5 nitrogen and oxygen atoms in total. The number of rotatable bonds is 4. The Morgan fingerprint density at radius 1 is 1.41 bits per heavy atom. The molecule has 1 aliphatic heterocycles. The minimum atomic E-state index is -0.885. The van der Waals surface area contributed by atoms with Crippen molar-refractivity contribution in [2.24, 2.45) is 12.0 Å². The van der Waals surface area contributed by atoms with Crippen LogP contribution < -0.4 is 0 Å². The van der Waals surface area contributed by atoms with Crippen molar-refractivity contribution in [3.05, 3.63) is 53.6 Å². The van der Waals surface area contributed by atoms with E-state index < -0.39 is 12.0 Å². The lowest BCUT2D eigenvalue weighted by Gasteiger charge is -2.00. The van der Waals surface area contributed by atoms with Crippen LogP contribution in [0.3, 0.4) is 0 Å². The second-order valence-electron chi connectivity index (χ2n) is 4.95. The molecule has 1 aliphatic rings. The number of carboxylic acid groups (broad SMARTS) is 1. The Kier molecular flexibility index (Phi) is 4.11. The number of hydrogen-bond donors (Lipinski definition) is 1. The van der Waals surface area contributed by atoms with Gasteiger partial charge >= 0.3 is 5.97 Å². The molecule has 0 aliphatic carbocycles. The van der Waals surface area contributed by atoms with Gasteiger partial charge in [-0.05, 0) is 29.8 Å². The zero-order valence-electron chi connectivity index (χ0n) is 12.0. The fraction of sp³-hybridized carbons (Fsp3) is 0.188. The third kappa shape index (κ3) is 3.12. The molecule has 0 aromatic carbocycles. The van der Waals surface area contributed by atoms with Gasteiger partial charge in [0, 0.05) is 30.9 Å². The Balaban J connectivity index is 1.74. The summed E-state index contributed by atoms with van der Waals surface area (Å²) in [5, 5.41) is 9.65. The second-order valence-corrected chi connectivity index (χ2v) is 5.96. The van der Waals surface area contributed by atoms with Gasteiger partial charge in [0.25, 0.3) is 0 Å². The molecule has 0 bridgehead atoms. The highest BCUT2D eigenvalue weighted by Gasteiger charge is 2.25. The van der Waals surface area contributed by atoms with E-state index in [0.717, 1.165) is 17.0 Å². The summed E-state index contributed by atoms with van der Waals surface area (Å²) in [6.45, 7) is 0. The van der Waals surface area contributed by atoms with Gasteiger partial charge in [-0.25, -0.2) is 4.79 Å². The molecule has 0 unspecified atom stereocenters. The molecular weight excluding hydrogens is 298 g/mol. The summed E-state index contributed by atoms with van der Waals surface area (Å²) in [6.07, 6.45) is 7.79. The van der Waals surface area contributed by atoms with Crippen molar-refractivity contribution in [2.45, 2.75) is 6.04 Å². The van der Waals surface area contributed by atoms with Crippen molar-refractivity contribution >= 4 is 34.9 Å². The SMILES string of the molecule is Cn1cccc1/C=C/c1ccc(C2=N[C@@H](C(=O)O)CS2)nc1. The molecule has 112 valence electrons. The smallest absolute Gasteiger partial charge is 0.329 e. The van der Waals surface area contributed by atoms with Gasteiger partial charge in [-0.15, -0.1) is 11.8 Å². The molecule has 2 aromatic heterocycles. The van der Waals surface area contributed by atoms with Crippen molar-refractivity contribution < 1.29 is 9.90 Å². The minimum absolute atomic E-state index is 0.474. The lowest BCUT2D eigenvalue weighted by molar-refractivity contribution is -0.137. The predicted molar refractivity (Wildman–Crippen MR) is 89.0 cm³/mol. The fourth-order valence-electron chi connectivity index (χ4n) is 2.10. The van der Waals surface area contributed by atoms with Crippen molar-refractivity contribution in [3.8, 4) is 0 Å². The van der Waals surface area contributed by atoms with Gasteiger partial charge in [-0.1, -0.05) is 12.1 Å². The monoisotopic (exact) mass is 313 g/mol. The van der Waals surface area contributed by atoms with Crippen LogP contribution in [0.5, 0.6) is 0 Å². The number of thioether (sulfide) groups is 1. The van der Waals surface area contributed by atoms with Crippen molar-refractivity contribution in [2.75, 3.05) is 5.75 Å². The summed E-state index contributed by atoms with van der Waals surface area (Å²) in [6, 6.07) is 7.21. The average Bonchev–Trinajstić information content (AvgIpc) is 3.15.